The SMILES string of the molecule is CC(O)(CNC(=O)CSCc1cccnc1)c1ccccc1. The number of nitrogens with one attached hydrogen (secondary N) is 1. The molecule has 1 atom stereocenters. The van der Waals surface area contributed by atoms with Gasteiger partial charge in [0.15, 0.2) is 0 Å². The van der Waals surface area contributed by atoms with Gasteiger partial charge in [-0.3, -0.25) is 9.78 Å². The van der Waals surface area contributed by atoms with Crippen LogP contribution in [0.25, 0.3) is 0 Å². The molecule has 0 saturated heterocycles. The molecule has 0 radical (unpaired) electrons. The van der Waals surface area contributed by atoms with Crippen LogP contribution in [-0.2, 0) is 16.1 Å². The monoisotopic (exact) mass is 316 g/mol. The van der Waals surface area contributed by atoms with Crippen molar-refractivity contribution in [1.29, 1.82) is 0 Å². The van der Waals surface area contributed by atoms with Crippen LogP contribution >= 0.6 is 11.8 Å². The Hall–Kier alpha value is -1.85. The van der Waals surface area contributed by atoms with E-state index in [1.807, 2.05) is 42.5 Å². The molecule has 0 fully saturated rings. The van der Waals surface area contributed by atoms with Crippen LogP contribution in [0, 0.1) is 0 Å². The van der Waals surface area contributed by atoms with E-state index in [2.05, 4.69) is 10.3 Å². The molecule has 116 valence electrons. The lowest BCUT2D eigenvalue weighted by molar-refractivity contribution is -0.119. The number of amides is 1. The molecule has 5 heteroatoms. The van der Waals surface area contributed by atoms with Crippen LogP contribution in [0.3, 0.4) is 0 Å². The van der Waals surface area contributed by atoms with Gasteiger partial charge in [-0.2, -0.15) is 0 Å². The molecule has 0 saturated carbocycles. The first-order valence-electron chi connectivity index (χ1n) is 7.09. The van der Waals surface area contributed by atoms with E-state index in [1.165, 1.54) is 11.8 Å². The van der Waals surface area contributed by atoms with Crippen molar-refractivity contribution in [2.24, 2.45) is 0 Å². The van der Waals surface area contributed by atoms with Crippen LogP contribution in [0.15, 0.2) is 54.9 Å². The Kier molecular flexibility index (Phi) is 5.98. The summed E-state index contributed by atoms with van der Waals surface area (Å²) in [6, 6.07) is 13.2. The predicted molar refractivity (Wildman–Crippen MR) is 89.4 cm³/mol. The summed E-state index contributed by atoms with van der Waals surface area (Å²) < 4.78 is 0. The zero-order chi connectivity index (χ0) is 15.8. The van der Waals surface area contributed by atoms with E-state index in [-0.39, 0.29) is 12.5 Å². The van der Waals surface area contributed by atoms with Gasteiger partial charge in [0.1, 0.15) is 5.60 Å². The molecule has 1 amide bonds. The summed E-state index contributed by atoms with van der Waals surface area (Å²) >= 11 is 1.53. The molecule has 4 nitrogen and oxygen atoms in total. The lowest BCUT2D eigenvalue weighted by Crippen LogP contribution is -2.39. The molecule has 0 aliphatic carbocycles. The Morgan fingerprint density at radius 2 is 2.05 bits per heavy atom. The average molecular weight is 316 g/mol. The van der Waals surface area contributed by atoms with Crippen LogP contribution in [0.1, 0.15) is 18.1 Å². The van der Waals surface area contributed by atoms with Gasteiger partial charge in [0.05, 0.1) is 12.3 Å². The largest absolute Gasteiger partial charge is 0.384 e. The van der Waals surface area contributed by atoms with Gasteiger partial charge in [0.2, 0.25) is 5.91 Å². The van der Waals surface area contributed by atoms with E-state index in [1.54, 1.807) is 19.3 Å². The highest BCUT2D eigenvalue weighted by molar-refractivity contribution is 7.99. The lowest BCUT2D eigenvalue weighted by Gasteiger charge is -2.24. The van der Waals surface area contributed by atoms with Crippen LogP contribution in [0.5, 0.6) is 0 Å². The zero-order valence-electron chi connectivity index (χ0n) is 12.5. The standard InChI is InChI=1S/C17H20N2O2S/c1-17(21,15-7-3-2-4-8-15)13-19-16(20)12-22-11-14-6-5-9-18-10-14/h2-10,21H,11-13H2,1H3,(H,19,20). The van der Waals surface area contributed by atoms with E-state index < -0.39 is 5.60 Å². The van der Waals surface area contributed by atoms with Gasteiger partial charge in [-0.25, -0.2) is 0 Å². The first-order valence-corrected chi connectivity index (χ1v) is 8.25. The molecule has 1 heterocycles. The predicted octanol–water partition coefficient (Wildman–Crippen LogP) is 2.34. The van der Waals surface area contributed by atoms with E-state index >= 15 is 0 Å². The summed E-state index contributed by atoms with van der Waals surface area (Å²) in [6.45, 7) is 1.90. The Bertz CT molecular complexity index is 588. The van der Waals surface area contributed by atoms with Gasteiger partial charge in [0, 0.05) is 18.1 Å². The molecular weight excluding hydrogens is 296 g/mol. The maximum atomic E-state index is 11.9. The van der Waals surface area contributed by atoms with Gasteiger partial charge in [-0.15, -0.1) is 11.8 Å². The van der Waals surface area contributed by atoms with Crippen molar-refractivity contribution in [3.05, 3.63) is 66.0 Å². The topological polar surface area (TPSA) is 62.2 Å². The summed E-state index contributed by atoms with van der Waals surface area (Å²) in [7, 11) is 0. The number of carbonyl (C=O) groups excluding carboxylic acids is 1. The third kappa shape index (κ3) is 5.16. The third-order valence-corrected chi connectivity index (χ3v) is 4.25. The van der Waals surface area contributed by atoms with Crippen molar-refractivity contribution < 1.29 is 9.90 Å². The maximum Gasteiger partial charge on any atom is 0.230 e. The van der Waals surface area contributed by atoms with Gasteiger partial charge >= 0.3 is 0 Å². The fourth-order valence-corrected chi connectivity index (χ4v) is 2.76. The van der Waals surface area contributed by atoms with Crippen molar-refractivity contribution >= 4 is 17.7 Å². The Morgan fingerprint density at radius 1 is 1.27 bits per heavy atom. The molecule has 0 bridgehead atoms. The van der Waals surface area contributed by atoms with Gasteiger partial charge in [-0.1, -0.05) is 36.4 Å². The highest BCUT2D eigenvalue weighted by Crippen LogP contribution is 2.19. The van der Waals surface area contributed by atoms with E-state index in [0.717, 1.165) is 16.9 Å². The second-order valence-electron chi connectivity index (χ2n) is 5.27. The number of aliphatic hydroxyl groups is 1. The minimum absolute atomic E-state index is 0.0786. The number of thioether (sulfide) groups is 1. The Labute approximate surface area is 135 Å². The number of pyridine rings is 1. The molecule has 0 aliphatic rings. The Morgan fingerprint density at radius 3 is 2.73 bits per heavy atom. The summed E-state index contributed by atoms with van der Waals surface area (Å²) in [6.07, 6.45) is 3.53. The highest BCUT2D eigenvalue weighted by atomic mass is 32.2. The third-order valence-electron chi connectivity index (χ3n) is 3.25. The van der Waals surface area contributed by atoms with E-state index in [4.69, 9.17) is 0 Å². The van der Waals surface area contributed by atoms with E-state index in [0.29, 0.717) is 5.75 Å². The molecule has 1 unspecified atom stereocenters. The summed E-state index contributed by atoms with van der Waals surface area (Å²) in [5, 5.41) is 13.2. The van der Waals surface area contributed by atoms with Crippen LogP contribution in [-0.4, -0.2) is 28.3 Å². The quantitative estimate of drug-likeness (QED) is 0.823. The second kappa shape index (κ2) is 7.96. The number of aromatic nitrogens is 1. The first-order chi connectivity index (χ1) is 10.6. The number of rotatable bonds is 7. The molecule has 1 aromatic heterocycles. The lowest BCUT2D eigenvalue weighted by atomic mass is 9.96. The average Bonchev–Trinajstić information content (AvgIpc) is 2.55. The summed E-state index contributed by atoms with van der Waals surface area (Å²) in [4.78, 5) is 15.9. The molecule has 0 spiro atoms. The number of carbonyl (C=O) groups is 1. The van der Waals surface area contributed by atoms with Crippen molar-refractivity contribution in [2.45, 2.75) is 18.3 Å². The fourth-order valence-electron chi connectivity index (χ4n) is 1.97. The van der Waals surface area contributed by atoms with Crippen LogP contribution in [0.2, 0.25) is 0 Å². The smallest absolute Gasteiger partial charge is 0.230 e. The summed E-state index contributed by atoms with van der Waals surface area (Å²) in [5.74, 6) is 1.03. The zero-order valence-corrected chi connectivity index (χ0v) is 13.3. The van der Waals surface area contributed by atoms with Crippen molar-refractivity contribution in [1.82, 2.24) is 10.3 Å². The Balaban J connectivity index is 1.73. The van der Waals surface area contributed by atoms with Crippen molar-refractivity contribution in [3.8, 4) is 0 Å². The number of benzene rings is 1. The number of nitrogens with zero attached hydrogens (tertiary/aromatic N) is 1. The summed E-state index contributed by atoms with van der Waals surface area (Å²) in [5.41, 5.74) is 0.820. The number of hydrogen-bond donors (Lipinski definition) is 2. The van der Waals surface area contributed by atoms with Gasteiger partial charge < -0.3 is 10.4 Å². The van der Waals surface area contributed by atoms with Crippen LogP contribution in [0.4, 0.5) is 0 Å². The maximum absolute atomic E-state index is 11.9. The van der Waals surface area contributed by atoms with Crippen molar-refractivity contribution in [2.75, 3.05) is 12.3 Å². The van der Waals surface area contributed by atoms with Gasteiger partial charge in [-0.05, 0) is 24.1 Å². The minimum atomic E-state index is -1.06. The second-order valence-corrected chi connectivity index (χ2v) is 6.26. The number of hydrogen-bond acceptors (Lipinski definition) is 4. The van der Waals surface area contributed by atoms with Crippen molar-refractivity contribution in [3.63, 3.8) is 0 Å². The first kappa shape index (κ1) is 16.5. The normalized spacial score (nSPS) is 13.4. The highest BCUT2D eigenvalue weighted by Gasteiger charge is 2.23. The van der Waals surface area contributed by atoms with Crippen LogP contribution < -0.4 is 5.32 Å². The molecule has 1 aromatic carbocycles. The molecule has 0 aliphatic heterocycles. The molecule has 2 N–H and O–H groups in total. The minimum Gasteiger partial charge on any atom is -0.384 e. The van der Waals surface area contributed by atoms with E-state index in [9.17, 15) is 9.90 Å². The molecular formula is C17H20N2O2S. The fraction of sp³-hybridized carbons (Fsp3) is 0.294. The van der Waals surface area contributed by atoms with Gasteiger partial charge in [0.25, 0.3) is 0 Å². The molecule has 2 aromatic rings. The molecule has 2 rings (SSSR count). The molecule has 22 heavy (non-hydrogen) atoms.